The average Bonchev–Trinajstić information content (AvgIpc) is 2.64. The molecule has 1 aromatic rings. The molecule has 0 saturated carbocycles. The molecule has 1 aliphatic heterocycles. The minimum atomic E-state index is -0.159. The lowest BCUT2D eigenvalue weighted by molar-refractivity contribution is 0.143. The lowest BCUT2D eigenvalue weighted by Crippen LogP contribution is -2.48. The van der Waals surface area contributed by atoms with Crippen molar-refractivity contribution in [3.05, 3.63) is 17.0 Å². The Labute approximate surface area is 112 Å². The summed E-state index contributed by atoms with van der Waals surface area (Å²) in [7, 11) is 0. The van der Waals surface area contributed by atoms with E-state index in [2.05, 4.69) is 15.9 Å². The Bertz CT molecular complexity index is 425. The van der Waals surface area contributed by atoms with Gasteiger partial charge in [-0.3, -0.25) is 5.01 Å². The van der Waals surface area contributed by atoms with Gasteiger partial charge >= 0.3 is 6.03 Å². The van der Waals surface area contributed by atoms with Crippen LogP contribution in [0.5, 0.6) is 0 Å². The highest BCUT2D eigenvalue weighted by Crippen LogP contribution is 2.13. The van der Waals surface area contributed by atoms with Gasteiger partial charge in [-0.2, -0.15) is 0 Å². The summed E-state index contributed by atoms with van der Waals surface area (Å²) < 4.78 is 10.5. The van der Waals surface area contributed by atoms with Crippen LogP contribution < -0.4 is 10.7 Å². The topological polar surface area (TPSA) is 79.6 Å². The summed E-state index contributed by atoms with van der Waals surface area (Å²) in [4.78, 5) is 12.0. The van der Waals surface area contributed by atoms with E-state index in [1.54, 1.807) is 5.01 Å². The first-order chi connectivity index (χ1) is 9.22. The highest BCUT2D eigenvalue weighted by atomic mass is 16.5. The number of hydrogen-bond acceptors (Lipinski definition) is 5. The van der Waals surface area contributed by atoms with Crippen molar-refractivity contribution < 1.29 is 14.1 Å². The third-order valence-corrected chi connectivity index (χ3v) is 3.06. The molecule has 7 heteroatoms. The molecule has 1 aromatic heterocycles. The first kappa shape index (κ1) is 13.8. The Kier molecular flexibility index (Phi) is 4.75. The molecule has 7 nitrogen and oxygen atoms in total. The van der Waals surface area contributed by atoms with E-state index in [0.717, 1.165) is 23.4 Å². The molecule has 1 fully saturated rings. The van der Waals surface area contributed by atoms with Crippen LogP contribution in [0.3, 0.4) is 0 Å². The van der Waals surface area contributed by atoms with E-state index in [1.807, 2.05) is 13.8 Å². The van der Waals surface area contributed by atoms with Gasteiger partial charge in [-0.05, 0) is 6.92 Å². The summed E-state index contributed by atoms with van der Waals surface area (Å²) in [6, 6.07) is -0.159. The zero-order valence-corrected chi connectivity index (χ0v) is 11.4. The molecule has 0 unspecified atom stereocenters. The number of nitrogens with zero attached hydrogens (tertiary/aromatic N) is 2. The Morgan fingerprint density at radius 1 is 1.53 bits per heavy atom. The van der Waals surface area contributed by atoms with Gasteiger partial charge in [0, 0.05) is 25.1 Å². The van der Waals surface area contributed by atoms with Crippen LogP contribution in [0.4, 0.5) is 4.79 Å². The summed E-state index contributed by atoms with van der Waals surface area (Å²) in [6.45, 7) is 6.65. The fourth-order valence-electron chi connectivity index (χ4n) is 1.96. The summed E-state index contributed by atoms with van der Waals surface area (Å²) in [5, 5.41) is 8.33. The Balaban J connectivity index is 1.90. The molecule has 0 radical (unpaired) electrons. The molecule has 0 aromatic carbocycles. The number of ether oxygens (including phenoxy) is 1. The van der Waals surface area contributed by atoms with Gasteiger partial charge in [-0.15, -0.1) is 0 Å². The maximum absolute atomic E-state index is 12.0. The van der Waals surface area contributed by atoms with Gasteiger partial charge in [-0.25, -0.2) is 10.2 Å². The first-order valence-corrected chi connectivity index (χ1v) is 6.53. The second-order valence-corrected chi connectivity index (χ2v) is 4.35. The van der Waals surface area contributed by atoms with E-state index in [4.69, 9.17) is 9.26 Å². The first-order valence-electron chi connectivity index (χ1n) is 6.53. The molecule has 0 atom stereocenters. The normalized spacial score (nSPS) is 16.2. The van der Waals surface area contributed by atoms with E-state index >= 15 is 0 Å². The van der Waals surface area contributed by atoms with Crippen LogP contribution in [-0.4, -0.2) is 42.5 Å². The Hall–Kier alpha value is -1.60. The maximum atomic E-state index is 12.0. The predicted octanol–water partition coefficient (Wildman–Crippen LogP) is 0.592. The van der Waals surface area contributed by atoms with Crippen molar-refractivity contribution in [1.29, 1.82) is 0 Å². The minimum absolute atomic E-state index is 0.159. The van der Waals surface area contributed by atoms with Crippen molar-refractivity contribution in [3.8, 4) is 0 Å². The molecule has 0 bridgehead atoms. The van der Waals surface area contributed by atoms with Crippen LogP contribution >= 0.6 is 0 Å². The molecule has 0 aliphatic carbocycles. The summed E-state index contributed by atoms with van der Waals surface area (Å²) >= 11 is 0. The van der Waals surface area contributed by atoms with E-state index in [1.165, 1.54) is 0 Å². The number of urea groups is 1. The molecule has 2 rings (SSSR count). The fourth-order valence-corrected chi connectivity index (χ4v) is 1.96. The molecule has 1 saturated heterocycles. The smallest absolute Gasteiger partial charge is 0.332 e. The summed E-state index contributed by atoms with van der Waals surface area (Å²) in [5.41, 5.74) is 4.80. The van der Waals surface area contributed by atoms with Crippen molar-refractivity contribution >= 4 is 6.03 Å². The zero-order chi connectivity index (χ0) is 13.7. The number of carbonyl (C=O) groups excluding carboxylic acids is 1. The maximum Gasteiger partial charge on any atom is 0.332 e. The zero-order valence-electron chi connectivity index (χ0n) is 11.4. The number of aromatic nitrogens is 1. The van der Waals surface area contributed by atoms with Gasteiger partial charge in [-0.1, -0.05) is 12.1 Å². The van der Waals surface area contributed by atoms with Crippen LogP contribution in [0.25, 0.3) is 0 Å². The number of aryl methyl sites for hydroxylation is 2. The standard InChI is InChI=1S/C12H20N4O3/c1-3-11-10(9(2)15-19-11)8-13-12(17)16-5-7-18-6-4-14-16/h14H,3-8H2,1-2H3,(H,13,17). The van der Waals surface area contributed by atoms with E-state index in [9.17, 15) is 4.79 Å². The molecular weight excluding hydrogens is 248 g/mol. The van der Waals surface area contributed by atoms with E-state index in [-0.39, 0.29) is 6.03 Å². The van der Waals surface area contributed by atoms with Gasteiger partial charge in [0.2, 0.25) is 0 Å². The van der Waals surface area contributed by atoms with E-state index in [0.29, 0.717) is 32.8 Å². The largest absolute Gasteiger partial charge is 0.378 e. The van der Waals surface area contributed by atoms with Crippen molar-refractivity contribution in [2.24, 2.45) is 0 Å². The van der Waals surface area contributed by atoms with Gasteiger partial charge in [0.05, 0.1) is 25.5 Å². The Morgan fingerprint density at radius 2 is 2.37 bits per heavy atom. The highest BCUT2D eigenvalue weighted by molar-refractivity contribution is 5.73. The number of carbonyl (C=O) groups is 1. The molecule has 106 valence electrons. The summed E-state index contributed by atoms with van der Waals surface area (Å²) in [6.07, 6.45) is 0.766. The number of hydrazine groups is 1. The lowest BCUT2D eigenvalue weighted by Gasteiger charge is -2.20. The third-order valence-electron chi connectivity index (χ3n) is 3.06. The Morgan fingerprint density at radius 3 is 3.16 bits per heavy atom. The van der Waals surface area contributed by atoms with E-state index < -0.39 is 0 Å². The summed E-state index contributed by atoms with van der Waals surface area (Å²) in [5.74, 6) is 0.824. The van der Waals surface area contributed by atoms with Crippen LogP contribution in [-0.2, 0) is 17.7 Å². The van der Waals surface area contributed by atoms with Crippen LogP contribution in [0, 0.1) is 6.92 Å². The molecule has 1 aliphatic rings. The number of nitrogens with one attached hydrogen (secondary N) is 2. The molecule has 0 spiro atoms. The minimum Gasteiger partial charge on any atom is -0.378 e. The number of amides is 2. The monoisotopic (exact) mass is 268 g/mol. The predicted molar refractivity (Wildman–Crippen MR) is 68.4 cm³/mol. The van der Waals surface area contributed by atoms with Crippen molar-refractivity contribution in [2.45, 2.75) is 26.8 Å². The average molecular weight is 268 g/mol. The van der Waals surface area contributed by atoms with Gasteiger partial charge in [0.25, 0.3) is 0 Å². The third kappa shape index (κ3) is 3.45. The molecule has 2 heterocycles. The van der Waals surface area contributed by atoms with Crippen molar-refractivity contribution in [1.82, 2.24) is 20.9 Å². The van der Waals surface area contributed by atoms with Crippen LogP contribution in [0.2, 0.25) is 0 Å². The van der Waals surface area contributed by atoms with Gasteiger partial charge < -0.3 is 14.6 Å². The highest BCUT2D eigenvalue weighted by Gasteiger charge is 2.17. The van der Waals surface area contributed by atoms with Crippen molar-refractivity contribution in [3.63, 3.8) is 0 Å². The number of hydrogen-bond donors (Lipinski definition) is 2. The fraction of sp³-hybridized carbons (Fsp3) is 0.667. The molecule has 19 heavy (non-hydrogen) atoms. The van der Waals surface area contributed by atoms with Crippen LogP contribution in [0.15, 0.2) is 4.52 Å². The van der Waals surface area contributed by atoms with Crippen LogP contribution in [0.1, 0.15) is 23.9 Å². The number of rotatable bonds is 3. The molecule has 2 N–H and O–H groups in total. The van der Waals surface area contributed by atoms with Gasteiger partial charge in [0.15, 0.2) is 0 Å². The lowest BCUT2D eigenvalue weighted by atomic mass is 10.1. The quantitative estimate of drug-likeness (QED) is 0.839. The molecular formula is C12H20N4O3. The second kappa shape index (κ2) is 6.53. The SMILES string of the molecule is CCc1onc(C)c1CNC(=O)N1CCOCCN1. The van der Waals surface area contributed by atoms with Gasteiger partial charge in [0.1, 0.15) is 5.76 Å². The molecule has 2 amide bonds. The van der Waals surface area contributed by atoms with Crippen molar-refractivity contribution in [2.75, 3.05) is 26.3 Å². The second-order valence-electron chi connectivity index (χ2n) is 4.35.